The van der Waals surface area contributed by atoms with E-state index in [1.54, 1.807) is 48.2 Å². The normalized spacial score (nSPS) is 22.4. The molecule has 0 radical (unpaired) electrons. The van der Waals surface area contributed by atoms with E-state index < -0.39 is 17.8 Å². The van der Waals surface area contributed by atoms with Crippen LogP contribution in [0.1, 0.15) is 60.0 Å². The first-order valence-corrected chi connectivity index (χ1v) is 14.0. The predicted molar refractivity (Wildman–Crippen MR) is 141 cm³/mol. The highest BCUT2D eigenvalue weighted by Crippen LogP contribution is 2.51. The van der Waals surface area contributed by atoms with Gasteiger partial charge in [0.1, 0.15) is 6.04 Å². The number of amides is 2. The van der Waals surface area contributed by atoms with Gasteiger partial charge in [-0.1, -0.05) is 30.3 Å². The first kappa shape index (κ1) is 27.5. The number of carbonyl (C=O) groups excluding carboxylic acids is 2. The summed E-state index contributed by atoms with van der Waals surface area (Å²) < 4.78 is 38.5. The van der Waals surface area contributed by atoms with Crippen LogP contribution in [-0.4, -0.2) is 59.4 Å². The van der Waals surface area contributed by atoms with Gasteiger partial charge in [-0.25, -0.2) is 0 Å². The molecule has 37 heavy (non-hydrogen) atoms. The number of thioether (sulfide) groups is 1. The highest BCUT2D eigenvalue weighted by atomic mass is 32.2. The number of halogens is 3. The molecule has 9 heteroatoms. The molecule has 200 valence electrons. The Kier molecular flexibility index (Phi) is 8.85. The molecule has 2 aromatic carbocycles. The topological polar surface area (TPSA) is 61.4 Å². The number of nitrogens with one attached hydrogen (secondary N) is 2. The lowest BCUT2D eigenvalue weighted by molar-refractivity contribution is -0.137. The molecule has 2 aliphatic rings. The van der Waals surface area contributed by atoms with Crippen molar-refractivity contribution < 1.29 is 22.8 Å². The predicted octanol–water partition coefficient (Wildman–Crippen LogP) is 5.09. The molecule has 2 fully saturated rings. The summed E-state index contributed by atoms with van der Waals surface area (Å²) in [6, 6.07) is 13.8. The fourth-order valence-corrected chi connectivity index (χ4v) is 5.78. The third-order valence-corrected chi connectivity index (χ3v) is 8.31. The van der Waals surface area contributed by atoms with Crippen LogP contribution in [0.2, 0.25) is 0 Å². The Balaban J connectivity index is 1.26. The molecule has 0 spiro atoms. The minimum atomic E-state index is -4.32. The Hall–Kier alpha value is -2.52. The van der Waals surface area contributed by atoms with Gasteiger partial charge in [0.05, 0.1) is 5.56 Å². The van der Waals surface area contributed by atoms with Crippen LogP contribution in [0.15, 0.2) is 54.6 Å². The molecule has 4 rings (SSSR count). The number of nitrogens with zero attached hydrogens (tertiary/aromatic N) is 1. The van der Waals surface area contributed by atoms with Gasteiger partial charge >= 0.3 is 6.18 Å². The van der Waals surface area contributed by atoms with E-state index in [1.165, 1.54) is 0 Å². The van der Waals surface area contributed by atoms with E-state index in [0.717, 1.165) is 62.2 Å². The number of hydrogen-bond donors (Lipinski definition) is 2. The third kappa shape index (κ3) is 7.29. The fraction of sp³-hybridized carbons (Fsp3) is 0.500. The minimum absolute atomic E-state index is 0.0269. The molecule has 1 saturated heterocycles. The van der Waals surface area contributed by atoms with Crippen LogP contribution in [-0.2, 0) is 11.0 Å². The van der Waals surface area contributed by atoms with E-state index in [2.05, 4.69) is 17.6 Å². The smallest absolute Gasteiger partial charge is 0.341 e. The number of likely N-dealkylation sites (tertiary alicyclic amines) is 1. The standard InChI is InChI=1S/C28H34F3N3O2S/c1-27(18-23(27)20-10-12-22(13-11-20)28(29,30)31)32-14-17-37-19-24(26(36)34-15-6-3-7-16-34)33-25(35)21-8-4-2-5-9-21/h2,4-5,8-13,23-24,32H,3,6-7,14-19H2,1H3,(H,33,35)/t23-,24-,27?/m0/s1. The Morgan fingerprint density at radius 1 is 1.05 bits per heavy atom. The maximum atomic E-state index is 13.2. The van der Waals surface area contributed by atoms with Gasteiger partial charge in [-0.2, -0.15) is 24.9 Å². The maximum Gasteiger partial charge on any atom is 0.416 e. The molecule has 1 heterocycles. The van der Waals surface area contributed by atoms with Gasteiger partial charge in [0.25, 0.3) is 5.91 Å². The lowest BCUT2D eigenvalue weighted by Crippen LogP contribution is -2.51. The fourth-order valence-electron chi connectivity index (χ4n) is 4.90. The number of alkyl halides is 3. The Labute approximate surface area is 220 Å². The lowest BCUT2D eigenvalue weighted by atomic mass is 10.0. The summed E-state index contributed by atoms with van der Waals surface area (Å²) in [5.74, 6) is 1.13. The summed E-state index contributed by atoms with van der Waals surface area (Å²) in [6.07, 6.45) is -0.361. The summed E-state index contributed by atoms with van der Waals surface area (Å²) >= 11 is 1.61. The quantitative estimate of drug-likeness (QED) is 0.418. The summed E-state index contributed by atoms with van der Waals surface area (Å²) in [4.78, 5) is 27.8. The van der Waals surface area contributed by atoms with Gasteiger partial charge in [-0.15, -0.1) is 0 Å². The minimum Gasteiger partial charge on any atom is -0.341 e. The highest BCUT2D eigenvalue weighted by Gasteiger charge is 2.50. The molecule has 2 amide bonds. The maximum absolute atomic E-state index is 13.2. The number of piperidine rings is 1. The molecule has 0 bridgehead atoms. The molecule has 1 aliphatic heterocycles. The second-order valence-corrected chi connectivity index (χ2v) is 11.2. The molecule has 1 aliphatic carbocycles. The number of benzene rings is 2. The van der Waals surface area contributed by atoms with Crippen LogP contribution in [0, 0.1) is 0 Å². The van der Waals surface area contributed by atoms with E-state index in [9.17, 15) is 22.8 Å². The molecule has 1 unspecified atom stereocenters. The van der Waals surface area contributed by atoms with Crippen molar-refractivity contribution >= 4 is 23.6 Å². The second kappa shape index (κ2) is 11.9. The molecule has 3 atom stereocenters. The van der Waals surface area contributed by atoms with E-state index in [0.29, 0.717) is 17.9 Å². The van der Waals surface area contributed by atoms with Crippen LogP contribution in [0.3, 0.4) is 0 Å². The van der Waals surface area contributed by atoms with Crippen molar-refractivity contribution in [3.63, 3.8) is 0 Å². The summed E-state index contributed by atoms with van der Waals surface area (Å²) in [5.41, 5.74) is 0.661. The van der Waals surface area contributed by atoms with Gasteiger partial charge in [0.2, 0.25) is 5.91 Å². The summed E-state index contributed by atoms with van der Waals surface area (Å²) in [5, 5.41) is 6.48. The lowest BCUT2D eigenvalue weighted by Gasteiger charge is -2.30. The zero-order valence-electron chi connectivity index (χ0n) is 21.0. The van der Waals surface area contributed by atoms with Crippen LogP contribution >= 0.6 is 11.8 Å². The largest absolute Gasteiger partial charge is 0.416 e. The van der Waals surface area contributed by atoms with Crippen molar-refractivity contribution in [2.24, 2.45) is 0 Å². The third-order valence-electron chi connectivity index (χ3n) is 7.24. The monoisotopic (exact) mass is 533 g/mol. The van der Waals surface area contributed by atoms with Crippen LogP contribution in [0.25, 0.3) is 0 Å². The number of hydrogen-bond acceptors (Lipinski definition) is 4. The van der Waals surface area contributed by atoms with Gasteiger partial charge < -0.3 is 15.5 Å². The van der Waals surface area contributed by atoms with E-state index >= 15 is 0 Å². The highest BCUT2D eigenvalue weighted by molar-refractivity contribution is 7.99. The zero-order chi connectivity index (χ0) is 26.5. The number of rotatable bonds is 10. The van der Waals surface area contributed by atoms with Gasteiger partial charge in [0.15, 0.2) is 0 Å². The van der Waals surface area contributed by atoms with Crippen molar-refractivity contribution in [2.75, 3.05) is 31.1 Å². The van der Waals surface area contributed by atoms with Gasteiger partial charge in [0, 0.05) is 48.2 Å². The van der Waals surface area contributed by atoms with Crippen molar-refractivity contribution in [2.45, 2.75) is 56.3 Å². The zero-order valence-corrected chi connectivity index (χ0v) is 21.8. The number of carbonyl (C=O) groups is 2. The van der Waals surface area contributed by atoms with Crippen molar-refractivity contribution in [3.05, 3.63) is 71.3 Å². The Morgan fingerprint density at radius 3 is 2.38 bits per heavy atom. The van der Waals surface area contributed by atoms with Crippen molar-refractivity contribution in [3.8, 4) is 0 Å². The average molecular weight is 534 g/mol. The van der Waals surface area contributed by atoms with Crippen LogP contribution < -0.4 is 10.6 Å². The average Bonchev–Trinajstić information content (AvgIpc) is 3.59. The molecule has 0 aromatic heterocycles. The molecule has 5 nitrogen and oxygen atoms in total. The van der Waals surface area contributed by atoms with Crippen LogP contribution in [0.4, 0.5) is 13.2 Å². The Morgan fingerprint density at radius 2 is 1.73 bits per heavy atom. The molecule has 1 saturated carbocycles. The Bertz CT molecular complexity index is 1060. The van der Waals surface area contributed by atoms with Gasteiger partial charge in [-0.05, 0) is 62.4 Å². The van der Waals surface area contributed by atoms with E-state index in [-0.39, 0.29) is 23.3 Å². The van der Waals surface area contributed by atoms with Crippen molar-refractivity contribution in [1.29, 1.82) is 0 Å². The van der Waals surface area contributed by atoms with Crippen molar-refractivity contribution in [1.82, 2.24) is 15.5 Å². The van der Waals surface area contributed by atoms with E-state index in [1.807, 2.05) is 11.0 Å². The second-order valence-electron chi connectivity index (χ2n) is 10.1. The molecular formula is C28H34F3N3O2S. The molecular weight excluding hydrogens is 499 g/mol. The SMILES string of the molecule is CC1(NCCSC[C@H](NC(=O)c2ccccc2)C(=O)N2CCCCC2)C[C@H]1c1ccc(C(F)(F)F)cc1. The first-order chi connectivity index (χ1) is 17.7. The molecule has 2 N–H and O–H groups in total. The van der Waals surface area contributed by atoms with Crippen LogP contribution in [0.5, 0.6) is 0 Å². The van der Waals surface area contributed by atoms with E-state index in [4.69, 9.17) is 0 Å². The summed E-state index contributed by atoms with van der Waals surface area (Å²) in [6.45, 7) is 4.25. The van der Waals surface area contributed by atoms with Gasteiger partial charge in [-0.3, -0.25) is 9.59 Å². The first-order valence-electron chi connectivity index (χ1n) is 12.8. The summed E-state index contributed by atoms with van der Waals surface area (Å²) in [7, 11) is 0. The molecule has 2 aromatic rings.